The molecule has 2 aromatic rings. The van der Waals surface area contributed by atoms with E-state index in [4.69, 9.17) is 16.3 Å². The molecule has 0 saturated heterocycles. The van der Waals surface area contributed by atoms with E-state index in [1.807, 2.05) is 19.2 Å². The lowest BCUT2D eigenvalue weighted by Gasteiger charge is -2.14. The summed E-state index contributed by atoms with van der Waals surface area (Å²) in [6.07, 6.45) is 0. The number of benzene rings is 2. The maximum Gasteiger partial charge on any atom is 0.119 e. The first-order valence-corrected chi connectivity index (χ1v) is 6.13. The zero-order chi connectivity index (χ0) is 12.3. The first kappa shape index (κ1) is 12.2. The smallest absolute Gasteiger partial charge is 0.119 e. The van der Waals surface area contributed by atoms with Crippen molar-refractivity contribution in [2.75, 3.05) is 20.0 Å². The van der Waals surface area contributed by atoms with Crippen LogP contribution in [0.1, 0.15) is 11.6 Å². The van der Waals surface area contributed by atoms with Crippen molar-refractivity contribution in [1.29, 1.82) is 0 Å². The molecule has 0 aliphatic heterocycles. The molecule has 0 fully saturated rings. The predicted octanol–water partition coefficient (Wildman–Crippen LogP) is 3.35. The first-order valence-electron chi connectivity index (χ1n) is 5.59. The Morgan fingerprint density at radius 2 is 1.88 bits per heavy atom. The largest absolute Gasteiger partial charge is 0.497 e. The van der Waals surface area contributed by atoms with Crippen molar-refractivity contribution in [3.05, 3.63) is 42.0 Å². The van der Waals surface area contributed by atoms with Gasteiger partial charge in [0.25, 0.3) is 0 Å². The van der Waals surface area contributed by atoms with Gasteiger partial charge in [-0.3, -0.25) is 0 Å². The van der Waals surface area contributed by atoms with Crippen LogP contribution in [0.4, 0.5) is 0 Å². The van der Waals surface area contributed by atoms with Gasteiger partial charge < -0.3 is 10.1 Å². The van der Waals surface area contributed by atoms with Crippen LogP contribution in [0.5, 0.6) is 5.75 Å². The zero-order valence-corrected chi connectivity index (χ0v) is 10.8. The highest BCUT2D eigenvalue weighted by molar-refractivity contribution is 6.18. The van der Waals surface area contributed by atoms with Crippen LogP contribution in [-0.2, 0) is 0 Å². The number of rotatable bonds is 4. The third-order valence-corrected chi connectivity index (χ3v) is 3.29. The molecule has 17 heavy (non-hydrogen) atoms. The average molecular weight is 250 g/mol. The number of hydrogen-bond donors (Lipinski definition) is 1. The number of nitrogens with one attached hydrogen (secondary N) is 1. The summed E-state index contributed by atoms with van der Waals surface area (Å²) in [5, 5.41) is 5.58. The van der Waals surface area contributed by atoms with E-state index in [-0.39, 0.29) is 6.04 Å². The van der Waals surface area contributed by atoms with Crippen LogP contribution in [0.25, 0.3) is 10.8 Å². The molecular weight excluding hydrogens is 234 g/mol. The summed E-state index contributed by atoms with van der Waals surface area (Å²) in [6, 6.07) is 12.6. The van der Waals surface area contributed by atoms with Crippen LogP contribution < -0.4 is 10.1 Å². The Labute approximate surface area is 107 Å². The monoisotopic (exact) mass is 249 g/mol. The van der Waals surface area contributed by atoms with Gasteiger partial charge in [0.1, 0.15) is 5.75 Å². The quantitative estimate of drug-likeness (QED) is 0.839. The summed E-state index contributed by atoms with van der Waals surface area (Å²) in [7, 11) is 3.60. The fourth-order valence-electron chi connectivity index (χ4n) is 1.92. The van der Waals surface area contributed by atoms with Crippen molar-refractivity contribution in [3.8, 4) is 5.75 Å². The summed E-state index contributed by atoms with van der Waals surface area (Å²) in [5.74, 6) is 1.45. The predicted molar refractivity (Wildman–Crippen MR) is 73.0 cm³/mol. The molecule has 1 atom stereocenters. The highest BCUT2D eigenvalue weighted by Crippen LogP contribution is 2.24. The van der Waals surface area contributed by atoms with Crippen LogP contribution in [0.15, 0.2) is 36.4 Å². The van der Waals surface area contributed by atoms with E-state index in [0.29, 0.717) is 5.88 Å². The number of hydrogen-bond acceptors (Lipinski definition) is 2. The second-order valence-electron chi connectivity index (χ2n) is 3.97. The molecule has 1 unspecified atom stereocenters. The SMILES string of the molecule is CNC(CCl)c1ccc2cc(OC)ccc2c1. The molecule has 0 spiro atoms. The zero-order valence-electron chi connectivity index (χ0n) is 10.0. The normalized spacial score (nSPS) is 12.6. The summed E-state index contributed by atoms with van der Waals surface area (Å²) in [4.78, 5) is 0. The Bertz CT molecular complexity index is 509. The Balaban J connectivity index is 2.44. The molecule has 2 rings (SSSR count). The van der Waals surface area contributed by atoms with Gasteiger partial charge >= 0.3 is 0 Å². The molecule has 0 aliphatic carbocycles. The van der Waals surface area contributed by atoms with Crippen LogP contribution in [0.3, 0.4) is 0 Å². The lowest BCUT2D eigenvalue weighted by Crippen LogP contribution is -2.17. The van der Waals surface area contributed by atoms with E-state index in [9.17, 15) is 0 Å². The maximum atomic E-state index is 5.92. The lowest BCUT2D eigenvalue weighted by molar-refractivity contribution is 0.415. The number of fused-ring (bicyclic) bond motifs is 1. The number of methoxy groups -OCH3 is 1. The van der Waals surface area contributed by atoms with E-state index in [1.54, 1.807) is 7.11 Å². The lowest BCUT2D eigenvalue weighted by atomic mass is 10.0. The minimum atomic E-state index is 0.197. The van der Waals surface area contributed by atoms with Gasteiger partial charge in [-0.25, -0.2) is 0 Å². The minimum Gasteiger partial charge on any atom is -0.497 e. The molecule has 90 valence electrons. The van der Waals surface area contributed by atoms with Crippen LogP contribution in [0, 0.1) is 0 Å². The van der Waals surface area contributed by atoms with Crippen molar-refractivity contribution in [2.24, 2.45) is 0 Å². The van der Waals surface area contributed by atoms with E-state index >= 15 is 0 Å². The molecule has 0 amide bonds. The molecular formula is C14H16ClNO. The van der Waals surface area contributed by atoms with Crippen molar-refractivity contribution in [1.82, 2.24) is 5.32 Å². The minimum absolute atomic E-state index is 0.197. The fraction of sp³-hybridized carbons (Fsp3) is 0.286. The number of alkyl halides is 1. The van der Waals surface area contributed by atoms with Crippen molar-refractivity contribution >= 4 is 22.4 Å². The van der Waals surface area contributed by atoms with Gasteiger partial charge in [-0.05, 0) is 41.6 Å². The first-order chi connectivity index (χ1) is 8.28. The van der Waals surface area contributed by atoms with E-state index in [0.717, 1.165) is 5.75 Å². The summed E-state index contributed by atoms with van der Waals surface area (Å²) < 4.78 is 5.21. The van der Waals surface area contributed by atoms with Crippen molar-refractivity contribution < 1.29 is 4.74 Å². The van der Waals surface area contributed by atoms with Gasteiger partial charge in [-0.1, -0.05) is 18.2 Å². The molecule has 0 heterocycles. The summed E-state index contributed by atoms with van der Waals surface area (Å²) >= 11 is 5.92. The van der Waals surface area contributed by atoms with E-state index in [2.05, 4.69) is 29.6 Å². The van der Waals surface area contributed by atoms with Gasteiger partial charge in [-0.2, -0.15) is 0 Å². The van der Waals surface area contributed by atoms with Crippen LogP contribution in [0.2, 0.25) is 0 Å². The van der Waals surface area contributed by atoms with Crippen molar-refractivity contribution in [2.45, 2.75) is 6.04 Å². The topological polar surface area (TPSA) is 21.3 Å². The molecule has 2 nitrogen and oxygen atoms in total. The second-order valence-corrected chi connectivity index (χ2v) is 4.28. The average Bonchev–Trinajstić information content (AvgIpc) is 2.39. The second kappa shape index (κ2) is 5.39. The van der Waals surface area contributed by atoms with Gasteiger partial charge in [0.05, 0.1) is 7.11 Å². The van der Waals surface area contributed by atoms with E-state index in [1.165, 1.54) is 16.3 Å². The number of ether oxygens (including phenoxy) is 1. The molecule has 1 N–H and O–H groups in total. The molecule has 0 aliphatic rings. The third kappa shape index (κ3) is 2.54. The Morgan fingerprint density at radius 1 is 1.18 bits per heavy atom. The van der Waals surface area contributed by atoms with Crippen molar-refractivity contribution in [3.63, 3.8) is 0 Å². The molecule has 2 aromatic carbocycles. The highest BCUT2D eigenvalue weighted by Gasteiger charge is 2.08. The number of halogens is 1. The van der Waals surface area contributed by atoms with Gasteiger partial charge in [0.15, 0.2) is 0 Å². The maximum absolute atomic E-state index is 5.92. The molecule has 3 heteroatoms. The van der Waals surface area contributed by atoms with Gasteiger partial charge in [0.2, 0.25) is 0 Å². The molecule has 0 saturated carbocycles. The Morgan fingerprint density at radius 3 is 2.53 bits per heavy atom. The fourth-order valence-corrected chi connectivity index (χ4v) is 2.25. The summed E-state index contributed by atoms with van der Waals surface area (Å²) in [6.45, 7) is 0. The highest BCUT2D eigenvalue weighted by atomic mass is 35.5. The van der Waals surface area contributed by atoms with Crippen LogP contribution in [-0.4, -0.2) is 20.0 Å². The van der Waals surface area contributed by atoms with E-state index < -0.39 is 0 Å². The Hall–Kier alpha value is -1.25. The third-order valence-electron chi connectivity index (χ3n) is 2.98. The molecule has 0 aromatic heterocycles. The Kier molecular flexibility index (Phi) is 3.87. The van der Waals surface area contributed by atoms with Gasteiger partial charge in [0, 0.05) is 11.9 Å². The standard InChI is InChI=1S/C14H16ClNO/c1-16-14(9-15)12-4-3-11-8-13(17-2)6-5-10(11)7-12/h3-8,14,16H,9H2,1-2H3. The molecule has 0 bridgehead atoms. The van der Waals surface area contributed by atoms with Gasteiger partial charge in [-0.15, -0.1) is 11.6 Å². The summed E-state index contributed by atoms with van der Waals surface area (Å²) in [5.41, 5.74) is 1.21. The molecule has 0 radical (unpaired) electrons. The van der Waals surface area contributed by atoms with Crippen LogP contribution >= 0.6 is 11.6 Å².